The Hall–Kier alpha value is -0.973. The van der Waals surface area contributed by atoms with Gasteiger partial charge in [0.2, 0.25) is 0 Å². The van der Waals surface area contributed by atoms with Crippen molar-refractivity contribution in [2.75, 3.05) is 14.2 Å². The molecule has 1 rings (SSSR count). The Balaban J connectivity index is 2.73. The normalized spacial score (nSPS) is 10.7. The van der Waals surface area contributed by atoms with Crippen molar-refractivity contribution in [1.29, 1.82) is 0 Å². The maximum Gasteiger partial charge on any atom is 0.328 e. The number of benzene rings is 1. The van der Waals surface area contributed by atoms with Gasteiger partial charge < -0.3 is 8.85 Å². The molecule has 0 bridgehead atoms. The average molecular weight is 224 g/mol. The first-order valence-corrected chi connectivity index (χ1v) is 6.59. The highest BCUT2D eigenvalue weighted by Crippen LogP contribution is 2.11. The minimum Gasteiger partial charge on any atom is -0.400 e. The molecule has 0 aliphatic carbocycles. The summed E-state index contributed by atoms with van der Waals surface area (Å²) in [6, 6.07) is 7.96. The minimum absolute atomic E-state index is 0.105. The van der Waals surface area contributed by atoms with Gasteiger partial charge in [0.1, 0.15) is 0 Å². The van der Waals surface area contributed by atoms with E-state index in [9.17, 15) is 4.79 Å². The molecule has 82 valence electrons. The third-order valence-electron chi connectivity index (χ3n) is 2.32. The molecular weight excluding hydrogens is 208 g/mol. The van der Waals surface area contributed by atoms with Gasteiger partial charge in [0.05, 0.1) is 6.04 Å². The second-order valence-corrected chi connectivity index (χ2v) is 5.55. The third kappa shape index (κ3) is 3.26. The summed E-state index contributed by atoms with van der Waals surface area (Å²) in [6.07, 6.45) is 0. The molecule has 0 atom stereocenters. The van der Waals surface area contributed by atoms with Crippen molar-refractivity contribution in [1.82, 2.24) is 0 Å². The summed E-state index contributed by atoms with van der Waals surface area (Å²) in [5.41, 5.74) is 1.77. The fourth-order valence-electron chi connectivity index (χ4n) is 1.41. The minimum atomic E-state index is -1.79. The number of rotatable bonds is 5. The van der Waals surface area contributed by atoms with E-state index in [4.69, 9.17) is 8.85 Å². The van der Waals surface area contributed by atoms with Crippen LogP contribution in [0.4, 0.5) is 0 Å². The number of hydrogen-bond acceptors (Lipinski definition) is 3. The van der Waals surface area contributed by atoms with E-state index in [2.05, 4.69) is 0 Å². The van der Waals surface area contributed by atoms with Crippen LogP contribution in [-0.2, 0) is 8.85 Å². The molecule has 0 aliphatic heterocycles. The molecule has 0 unspecified atom stereocenters. The molecule has 1 aromatic carbocycles. The molecule has 15 heavy (non-hydrogen) atoms. The van der Waals surface area contributed by atoms with Crippen molar-refractivity contribution in [2.24, 2.45) is 0 Å². The van der Waals surface area contributed by atoms with E-state index in [-0.39, 0.29) is 5.78 Å². The van der Waals surface area contributed by atoms with Crippen LogP contribution in [0.5, 0.6) is 0 Å². The predicted molar refractivity (Wildman–Crippen MR) is 61.5 cm³/mol. The smallest absolute Gasteiger partial charge is 0.328 e. The van der Waals surface area contributed by atoms with Crippen LogP contribution < -0.4 is 0 Å². The van der Waals surface area contributed by atoms with Crippen molar-refractivity contribution in [3.05, 3.63) is 35.4 Å². The summed E-state index contributed by atoms with van der Waals surface area (Å²) in [7, 11) is 1.39. The van der Waals surface area contributed by atoms with E-state index in [1.807, 2.05) is 31.2 Å². The van der Waals surface area contributed by atoms with Gasteiger partial charge in [-0.05, 0) is 12.5 Å². The molecule has 0 amide bonds. The van der Waals surface area contributed by atoms with Gasteiger partial charge in [0.25, 0.3) is 0 Å². The number of Topliss-reactive ketones (excluding diaryl/α,β-unsaturated/α-hetero) is 1. The van der Waals surface area contributed by atoms with Gasteiger partial charge in [-0.1, -0.05) is 24.3 Å². The van der Waals surface area contributed by atoms with Gasteiger partial charge in [-0.15, -0.1) is 0 Å². The molecule has 0 saturated heterocycles. The van der Waals surface area contributed by atoms with Gasteiger partial charge in [-0.2, -0.15) is 0 Å². The molecule has 3 nitrogen and oxygen atoms in total. The van der Waals surface area contributed by atoms with Gasteiger partial charge >= 0.3 is 9.28 Å². The first-order chi connectivity index (χ1) is 7.19. The van der Waals surface area contributed by atoms with Crippen LogP contribution in [0.3, 0.4) is 0 Å². The Labute approximate surface area is 91.9 Å². The Morgan fingerprint density at radius 3 is 2.40 bits per heavy atom. The zero-order chi connectivity index (χ0) is 11.3. The van der Waals surface area contributed by atoms with Crippen LogP contribution in [0.15, 0.2) is 24.3 Å². The van der Waals surface area contributed by atoms with Gasteiger partial charge in [-0.3, -0.25) is 4.79 Å². The summed E-state index contributed by atoms with van der Waals surface area (Å²) in [5.74, 6) is 0.105. The molecule has 0 saturated carbocycles. The maximum absolute atomic E-state index is 11.9. The molecular formula is C11H16O3Si. The maximum atomic E-state index is 11.9. The number of carbonyl (C=O) groups is 1. The van der Waals surface area contributed by atoms with Crippen molar-refractivity contribution < 1.29 is 13.6 Å². The Bertz CT molecular complexity index is 334. The number of carbonyl (C=O) groups excluding carboxylic acids is 1. The van der Waals surface area contributed by atoms with E-state index in [1.54, 1.807) is 14.2 Å². The van der Waals surface area contributed by atoms with Crippen LogP contribution >= 0.6 is 0 Å². The van der Waals surface area contributed by atoms with Crippen LogP contribution in [0, 0.1) is 6.92 Å². The first-order valence-electron chi connectivity index (χ1n) is 4.83. The largest absolute Gasteiger partial charge is 0.400 e. The van der Waals surface area contributed by atoms with Crippen molar-refractivity contribution in [2.45, 2.75) is 13.0 Å². The summed E-state index contributed by atoms with van der Waals surface area (Å²) < 4.78 is 10.3. The number of hydrogen-bond donors (Lipinski definition) is 0. The van der Waals surface area contributed by atoms with Gasteiger partial charge in [0, 0.05) is 19.8 Å². The fourth-order valence-corrected chi connectivity index (χ4v) is 2.46. The van der Waals surface area contributed by atoms with Gasteiger partial charge in [0.15, 0.2) is 5.78 Å². The summed E-state index contributed by atoms with van der Waals surface area (Å²) in [5, 5.41) is 0. The van der Waals surface area contributed by atoms with Crippen LogP contribution in [0.2, 0.25) is 6.04 Å². The highest BCUT2D eigenvalue weighted by molar-refractivity contribution is 6.50. The number of ketones is 1. The van der Waals surface area contributed by atoms with E-state index < -0.39 is 9.28 Å². The molecule has 4 heteroatoms. The zero-order valence-corrected chi connectivity index (χ0v) is 10.5. The second kappa shape index (κ2) is 5.80. The predicted octanol–water partition coefficient (Wildman–Crippen LogP) is 1.69. The SMILES string of the molecule is CO[SiH](CC(=O)c1ccccc1C)OC. The monoisotopic (exact) mass is 224 g/mol. The lowest BCUT2D eigenvalue weighted by molar-refractivity contribution is 0.100. The Morgan fingerprint density at radius 2 is 1.87 bits per heavy atom. The highest BCUT2D eigenvalue weighted by Gasteiger charge is 2.17. The summed E-state index contributed by atoms with van der Waals surface area (Å²) >= 11 is 0. The quantitative estimate of drug-likeness (QED) is 0.564. The lowest BCUT2D eigenvalue weighted by atomic mass is 10.1. The zero-order valence-electron chi connectivity index (χ0n) is 9.32. The fraction of sp³-hybridized carbons (Fsp3) is 0.364. The van der Waals surface area contributed by atoms with Crippen molar-refractivity contribution in [3.8, 4) is 0 Å². The van der Waals surface area contributed by atoms with Crippen molar-refractivity contribution >= 4 is 15.1 Å². The highest BCUT2D eigenvalue weighted by atomic mass is 28.3. The summed E-state index contributed by atoms with van der Waals surface area (Å²) in [6.45, 7) is 1.93. The summed E-state index contributed by atoms with van der Waals surface area (Å²) in [4.78, 5) is 11.9. The van der Waals surface area contributed by atoms with Gasteiger partial charge in [-0.25, -0.2) is 0 Å². The van der Waals surface area contributed by atoms with Crippen molar-refractivity contribution in [3.63, 3.8) is 0 Å². The lowest BCUT2D eigenvalue weighted by Crippen LogP contribution is -2.23. The van der Waals surface area contributed by atoms with E-state index in [1.165, 1.54) is 0 Å². The first kappa shape index (κ1) is 12.1. The Kier molecular flexibility index (Phi) is 4.68. The van der Waals surface area contributed by atoms with Crippen LogP contribution in [-0.4, -0.2) is 29.3 Å². The molecule has 0 aromatic heterocycles. The van der Waals surface area contributed by atoms with E-state index in [0.717, 1.165) is 11.1 Å². The Morgan fingerprint density at radius 1 is 1.27 bits per heavy atom. The van der Waals surface area contributed by atoms with Crippen LogP contribution in [0.25, 0.3) is 0 Å². The second-order valence-electron chi connectivity index (χ2n) is 3.34. The van der Waals surface area contributed by atoms with E-state index >= 15 is 0 Å². The van der Waals surface area contributed by atoms with Crippen LogP contribution in [0.1, 0.15) is 15.9 Å². The number of aryl methyl sites for hydroxylation is 1. The molecule has 0 aliphatic rings. The molecule has 0 fully saturated rings. The molecule has 0 spiro atoms. The molecule has 0 radical (unpaired) electrons. The third-order valence-corrected chi connectivity index (χ3v) is 4.08. The van der Waals surface area contributed by atoms with E-state index in [0.29, 0.717) is 6.04 Å². The standard InChI is InChI=1S/C11H16O3Si/c1-9-6-4-5-7-10(9)11(12)8-15(13-2)14-3/h4-7,15H,8H2,1-3H3. The molecule has 0 heterocycles. The molecule has 0 N–H and O–H groups in total. The molecule has 1 aromatic rings. The lowest BCUT2D eigenvalue weighted by Gasteiger charge is -2.10. The average Bonchev–Trinajstić information content (AvgIpc) is 2.26. The topological polar surface area (TPSA) is 35.5 Å².